The molecule has 4 nitrogen and oxygen atoms in total. The van der Waals surface area contributed by atoms with Gasteiger partial charge < -0.3 is 9.67 Å². The van der Waals surface area contributed by atoms with Gasteiger partial charge in [0.2, 0.25) is 0 Å². The van der Waals surface area contributed by atoms with Crippen LogP contribution in [-0.2, 0) is 17.6 Å². The third-order valence-electron chi connectivity index (χ3n) is 3.17. The molecule has 0 saturated carbocycles. The van der Waals surface area contributed by atoms with Crippen LogP contribution in [0, 0.1) is 0 Å². The summed E-state index contributed by atoms with van der Waals surface area (Å²) in [6, 6.07) is 6.12. The average molecular weight is 260 g/mol. The Labute approximate surface area is 113 Å². The summed E-state index contributed by atoms with van der Waals surface area (Å²) in [4.78, 5) is 15.4. The fourth-order valence-corrected chi connectivity index (χ4v) is 2.45. The van der Waals surface area contributed by atoms with Gasteiger partial charge in [-0.2, -0.15) is 0 Å². The van der Waals surface area contributed by atoms with Gasteiger partial charge in [-0.1, -0.05) is 13.0 Å². The Bertz CT molecular complexity index is 599. The maximum absolute atomic E-state index is 10.8. The van der Waals surface area contributed by atoms with Crippen molar-refractivity contribution in [3.8, 4) is 0 Å². The van der Waals surface area contributed by atoms with Crippen molar-refractivity contribution in [1.29, 1.82) is 0 Å². The second-order valence-corrected chi connectivity index (χ2v) is 5.14. The van der Waals surface area contributed by atoms with E-state index in [4.69, 9.17) is 5.11 Å². The third kappa shape index (κ3) is 2.78. The lowest BCUT2D eigenvalue weighted by atomic mass is 10.1. The van der Waals surface area contributed by atoms with Crippen molar-refractivity contribution >= 4 is 17.0 Å². The Balaban J connectivity index is 2.52. The molecule has 0 unspecified atom stereocenters. The van der Waals surface area contributed by atoms with E-state index in [2.05, 4.69) is 30.3 Å². The second kappa shape index (κ2) is 5.43. The van der Waals surface area contributed by atoms with E-state index in [9.17, 15) is 4.79 Å². The molecule has 0 aliphatic carbocycles. The van der Waals surface area contributed by atoms with E-state index in [0.29, 0.717) is 6.04 Å². The molecule has 0 amide bonds. The number of carboxylic acids is 1. The van der Waals surface area contributed by atoms with Gasteiger partial charge >= 0.3 is 5.97 Å². The molecule has 1 aromatic carbocycles. The van der Waals surface area contributed by atoms with Crippen molar-refractivity contribution in [3.63, 3.8) is 0 Å². The molecule has 19 heavy (non-hydrogen) atoms. The van der Waals surface area contributed by atoms with Gasteiger partial charge in [0.05, 0.1) is 17.5 Å². The first-order chi connectivity index (χ1) is 9.02. The van der Waals surface area contributed by atoms with Crippen molar-refractivity contribution in [1.82, 2.24) is 9.55 Å². The van der Waals surface area contributed by atoms with E-state index in [-0.39, 0.29) is 6.42 Å². The quantitative estimate of drug-likeness (QED) is 0.898. The summed E-state index contributed by atoms with van der Waals surface area (Å²) in [6.45, 7) is 6.43. The zero-order valence-electron chi connectivity index (χ0n) is 11.7. The van der Waals surface area contributed by atoms with Crippen LogP contribution in [0.2, 0.25) is 0 Å². The lowest BCUT2D eigenvalue weighted by molar-refractivity contribution is -0.136. The molecule has 0 atom stereocenters. The van der Waals surface area contributed by atoms with E-state index in [0.717, 1.165) is 35.3 Å². The highest BCUT2D eigenvalue weighted by Crippen LogP contribution is 2.23. The second-order valence-electron chi connectivity index (χ2n) is 5.14. The van der Waals surface area contributed by atoms with Crippen LogP contribution in [0.15, 0.2) is 18.2 Å². The van der Waals surface area contributed by atoms with Crippen molar-refractivity contribution in [3.05, 3.63) is 29.6 Å². The first kappa shape index (κ1) is 13.6. The van der Waals surface area contributed by atoms with Crippen molar-refractivity contribution in [2.24, 2.45) is 0 Å². The molecule has 102 valence electrons. The van der Waals surface area contributed by atoms with Gasteiger partial charge in [-0.15, -0.1) is 0 Å². The number of carboxylic acid groups (broad SMARTS) is 1. The number of benzene rings is 1. The summed E-state index contributed by atoms with van der Waals surface area (Å²) in [7, 11) is 0. The fraction of sp³-hybridized carbons (Fsp3) is 0.467. The molecule has 1 aromatic heterocycles. The Morgan fingerprint density at radius 3 is 2.74 bits per heavy atom. The maximum atomic E-state index is 10.8. The number of hydrogen-bond donors (Lipinski definition) is 1. The van der Waals surface area contributed by atoms with Crippen LogP contribution in [0.5, 0.6) is 0 Å². The zero-order valence-corrected chi connectivity index (χ0v) is 11.7. The summed E-state index contributed by atoms with van der Waals surface area (Å²) in [6.07, 6.45) is 2.05. The molecule has 1 N–H and O–H groups in total. The zero-order chi connectivity index (χ0) is 14.0. The van der Waals surface area contributed by atoms with E-state index in [1.807, 2.05) is 18.2 Å². The van der Waals surface area contributed by atoms with Crippen LogP contribution in [0.25, 0.3) is 11.0 Å². The van der Waals surface area contributed by atoms with Gasteiger partial charge in [0, 0.05) is 12.5 Å². The largest absolute Gasteiger partial charge is 0.481 e. The lowest BCUT2D eigenvalue weighted by Gasteiger charge is -2.12. The fourth-order valence-electron chi connectivity index (χ4n) is 2.45. The topological polar surface area (TPSA) is 55.1 Å². The highest BCUT2D eigenvalue weighted by Gasteiger charge is 2.13. The highest BCUT2D eigenvalue weighted by molar-refractivity contribution is 5.79. The first-order valence-corrected chi connectivity index (χ1v) is 6.74. The summed E-state index contributed by atoms with van der Waals surface area (Å²) < 4.78 is 2.24. The molecule has 0 fully saturated rings. The number of nitrogens with zero attached hydrogens (tertiary/aromatic N) is 2. The number of imidazole rings is 1. The van der Waals surface area contributed by atoms with Crippen LogP contribution in [-0.4, -0.2) is 20.6 Å². The lowest BCUT2D eigenvalue weighted by Crippen LogP contribution is -2.06. The predicted octanol–water partition coefficient (Wildman–Crippen LogP) is 3.20. The minimum absolute atomic E-state index is 0.0492. The monoisotopic (exact) mass is 260 g/mol. The summed E-state index contributed by atoms with van der Waals surface area (Å²) in [5.74, 6) is 0.274. The van der Waals surface area contributed by atoms with Crippen LogP contribution in [0.3, 0.4) is 0 Å². The molecule has 2 rings (SSSR count). The van der Waals surface area contributed by atoms with Gasteiger partial charge in [0.15, 0.2) is 0 Å². The SMILES string of the molecule is CCCc1nc2cc(CC(=O)O)ccc2n1C(C)C. The van der Waals surface area contributed by atoms with Gasteiger partial charge in [0.1, 0.15) is 5.82 Å². The number of aromatic nitrogens is 2. The van der Waals surface area contributed by atoms with E-state index in [1.54, 1.807) is 0 Å². The predicted molar refractivity (Wildman–Crippen MR) is 75.5 cm³/mol. The minimum atomic E-state index is -0.809. The Morgan fingerprint density at radius 1 is 1.42 bits per heavy atom. The van der Waals surface area contributed by atoms with Crippen LogP contribution in [0.1, 0.15) is 44.6 Å². The molecule has 1 heterocycles. The van der Waals surface area contributed by atoms with E-state index >= 15 is 0 Å². The molecule has 2 aromatic rings. The number of aliphatic carboxylic acids is 1. The first-order valence-electron chi connectivity index (χ1n) is 6.74. The van der Waals surface area contributed by atoms with Gasteiger partial charge in [-0.05, 0) is 38.0 Å². The van der Waals surface area contributed by atoms with Crippen molar-refractivity contribution in [2.75, 3.05) is 0 Å². The number of fused-ring (bicyclic) bond motifs is 1. The van der Waals surface area contributed by atoms with Crippen LogP contribution < -0.4 is 0 Å². The molecular weight excluding hydrogens is 240 g/mol. The Kier molecular flexibility index (Phi) is 3.88. The summed E-state index contributed by atoms with van der Waals surface area (Å²) >= 11 is 0. The normalized spacial score (nSPS) is 11.4. The number of aryl methyl sites for hydroxylation is 1. The average Bonchev–Trinajstić information content (AvgIpc) is 2.65. The number of hydrogen-bond acceptors (Lipinski definition) is 2. The van der Waals surface area contributed by atoms with E-state index in [1.165, 1.54) is 0 Å². The summed E-state index contributed by atoms with van der Waals surface area (Å²) in [5.41, 5.74) is 2.79. The Morgan fingerprint density at radius 2 is 2.16 bits per heavy atom. The maximum Gasteiger partial charge on any atom is 0.307 e. The minimum Gasteiger partial charge on any atom is -0.481 e. The van der Waals surface area contributed by atoms with Crippen LogP contribution in [0.4, 0.5) is 0 Å². The standard InChI is InChI=1S/C15H20N2O2/c1-4-5-14-16-12-8-11(9-15(18)19)6-7-13(12)17(14)10(2)3/h6-8,10H,4-5,9H2,1-3H3,(H,18,19). The third-order valence-corrected chi connectivity index (χ3v) is 3.17. The molecule has 0 spiro atoms. The van der Waals surface area contributed by atoms with E-state index < -0.39 is 5.97 Å². The van der Waals surface area contributed by atoms with Gasteiger partial charge in [0.25, 0.3) is 0 Å². The molecule has 4 heteroatoms. The molecular formula is C15H20N2O2. The number of rotatable bonds is 5. The van der Waals surface area contributed by atoms with Crippen LogP contribution >= 0.6 is 0 Å². The molecule has 0 aliphatic heterocycles. The molecule has 0 aliphatic rings. The molecule has 0 saturated heterocycles. The van der Waals surface area contributed by atoms with Crippen molar-refractivity contribution < 1.29 is 9.90 Å². The van der Waals surface area contributed by atoms with Gasteiger partial charge in [-0.25, -0.2) is 4.98 Å². The molecule has 0 bridgehead atoms. The summed E-state index contributed by atoms with van der Waals surface area (Å²) in [5, 5.41) is 8.85. The highest BCUT2D eigenvalue weighted by atomic mass is 16.4. The Hall–Kier alpha value is -1.84. The van der Waals surface area contributed by atoms with Crippen molar-refractivity contribution in [2.45, 2.75) is 46.1 Å². The van der Waals surface area contributed by atoms with Gasteiger partial charge in [-0.3, -0.25) is 4.79 Å². The smallest absolute Gasteiger partial charge is 0.307 e. The number of carbonyl (C=O) groups is 1. The molecule has 0 radical (unpaired) electrons.